The van der Waals surface area contributed by atoms with Gasteiger partial charge in [-0.05, 0) is 77.9 Å². The number of hydrogen-bond acceptors (Lipinski definition) is 13. The van der Waals surface area contributed by atoms with E-state index in [0.717, 1.165) is 22.7 Å². The standard InChI is InChI=1S/C37H35N9O6S2/c1-38-30-19-31(40-26-9-5-3-6-10-26)21-32(20-30)41-28-17-15-24(33(22-28)53(47,48)49)13-14-25-16-18-29(23-34(25)54(50,51)52)43-37-45-35(39-2)44-36(46-37)42-27-11-7-4-8-12-27/h3-23,38,40-41H,1-2H3,(H,47,48,49)(H,50,51,52)(H3,39,42,43,44,45,46). The molecule has 0 aliphatic carbocycles. The van der Waals surface area contributed by atoms with E-state index < -0.39 is 30.0 Å². The minimum absolute atomic E-state index is 0.0341. The quantitative estimate of drug-likeness (QED) is 0.0395. The number of aromatic nitrogens is 3. The predicted octanol–water partition coefficient (Wildman–Crippen LogP) is 7.59. The van der Waals surface area contributed by atoms with E-state index >= 15 is 0 Å². The summed E-state index contributed by atoms with van der Waals surface area (Å²) in [7, 11) is -6.12. The molecule has 1 aromatic heterocycles. The minimum atomic E-state index is -4.78. The Morgan fingerprint density at radius 1 is 0.444 bits per heavy atom. The summed E-state index contributed by atoms with van der Waals surface area (Å²) < 4.78 is 70.5. The molecule has 17 heteroatoms. The molecule has 6 aromatic rings. The zero-order valence-electron chi connectivity index (χ0n) is 28.8. The Balaban J connectivity index is 1.26. The molecule has 6 rings (SSSR count). The highest BCUT2D eigenvalue weighted by Gasteiger charge is 2.18. The van der Waals surface area contributed by atoms with Crippen LogP contribution in [0.25, 0.3) is 12.2 Å². The first-order valence-corrected chi connectivity index (χ1v) is 19.1. The van der Waals surface area contributed by atoms with Crippen LogP contribution in [-0.2, 0) is 20.2 Å². The van der Waals surface area contributed by atoms with Gasteiger partial charge < -0.3 is 31.9 Å². The van der Waals surface area contributed by atoms with Gasteiger partial charge in [-0.15, -0.1) is 0 Å². The lowest BCUT2D eigenvalue weighted by Gasteiger charge is -2.14. The lowest BCUT2D eigenvalue weighted by atomic mass is 10.1. The zero-order valence-corrected chi connectivity index (χ0v) is 30.4. The van der Waals surface area contributed by atoms with Crippen molar-refractivity contribution in [2.75, 3.05) is 46.0 Å². The fraction of sp³-hybridized carbons (Fsp3) is 0.0541. The monoisotopic (exact) mass is 765 g/mol. The summed E-state index contributed by atoms with van der Waals surface area (Å²) >= 11 is 0. The van der Waals surface area contributed by atoms with E-state index in [0.29, 0.717) is 11.4 Å². The normalized spacial score (nSPS) is 11.6. The van der Waals surface area contributed by atoms with Crippen LogP contribution in [0.4, 0.5) is 57.7 Å². The van der Waals surface area contributed by atoms with Crippen LogP contribution in [0.15, 0.2) is 125 Å². The molecule has 0 aliphatic rings. The molecule has 0 fully saturated rings. The summed E-state index contributed by atoms with van der Waals surface area (Å²) in [6, 6.07) is 32.8. The molecule has 0 bridgehead atoms. The largest absolute Gasteiger partial charge is 0.388 e. The second kappa shape index (κ2) is 16.0. The highest BCUT2D eigenvalue weighted by Crippen LogP contribution is 2.31. The van der Waals surface area contributed by atoms with Crippen molar-refractivity contribution in [2.24, 2.45) is 0 Å². The third-order valence-electron chi connectivity index (χ3n) is 7.74. The molecule has 0 saturated heterocycles. The Morgan fingerprint density at radius 2 is 0.852 bits per heavy atom. The number of nitrogens with zero attached hydrogens (tertiary/aromatic N) is 3. The Bertz CT molecular complexity index is 2360. The summed E-state index contributed by atoms with van der Waals surface area (Å²) in [5.74, 6) is 0.516. The molecular formula is C37H35N9O6S2. The maximum Gasteiger partial charge on any atom is 0.295 e. The van der Waals surface area contributed by atoms with Gasteiger partial charge >= 0.3 is 0 Å². The predicted molar refractivity (Wildman–Crippen MR) is 213 cm³/mol. The molecule has 0 spiro atoms. The average Bonchev–Trinajstić information content (AvgIpc) is 3.14. The third kappa shape index (κ3) is 9.66. The van der Waals surface area contributed by atoms with Gasteiger partial charge in [0.05, 0.1) is 0 Å². The van der Waals surface area contributed by atoms with E-state index in [1.165, 1.54) is 42.5 Å². The maximum atomic E-state index is 12.5. The Kier molecular flexibility index (Phi) is 11.0. The van der Waals surface area contributed by atoms with Gasteiger partial charge in [-0.25, -0.2) is 0 Å². The first kappa shape index (κ1) is 37.2. The Hall–Kier alpha value is -6.53. The summed E-state index contributed by atoms with van der Waals surface area (Å²) in [6.07, 6.45) is 2.63. The van der Waals surface area contributed by atoms with Crippen LogP contribution in [0.2, 0.25) is 0 Å². The van der Waals surface area contributed by atoms with E-state index in [-0.39, 0.29) is 34.7 Å². The molecule has 8 N–H and O–H groups in total. The topological polar surface area (TPSA) is 220 Å². The van der Waals surface area contributed by atoms with Gasteiger partial charge in [0.15, 0.2) is 0 Å². The average molecular weight is 766 g/mol. The summed E-state index contributed by atoms with van der Waals surface area (Å²) in [4.78, 5) is 12.0. The fourth-order valence-corrected chi connectivity index (χ4v) is 6.70. The van der Waals surface area contributed by atoms with E-state index in [9.17, 15) is 25.9 Å². The SMILES string of the molecule is CNc1cc(Nc2ccccc2)cc(Nc2ccc(C=Cc3ccc(Nc4nc(NC)nc(Nc5ccccc5)n4)cc3S(=O)(=O)O)c(S(=O)(=O)O)c2)c1. The van der Waals surface area contributed by atoms with Crippen molar-refractivity contribution < 1.29 is 25.9 Å². The summed E-state index contributed by atoms with van der Waals surface area (Å²) in [5, 5.41) is 18.4. The molecule has 0 saturated carbocycles. The van der Waals surface area contributed by atoms with Gasteiger partial charge in [0.2, 0.25) is 17.8 Å². The zero-order chi connectivity index (χ0) is 38.3. The molecule has 0 aliphatic heterocycles. The van der Waals surface area contributed by atoms with Gasteiger partial charge in [-0.2, -0.15) is 31.8 Å². The van der Waals surface area contributed by atoms with Crippen molar-refractivity contribution in [3.05, 3.63) is 126 Å². The van der Waals surface area contributed by atoms with E-state index in [2.05, 4.69) is 46.9 Å². The number of para-hydroxylation sites is 2. The first-order valence-electron chi connectivity index (χ1n) is 16.2. The molecule has 0 amide bonds. The second-order valence-corrected chi connectivity index (χ2v) is 14.4. The van der Waals surface area contributed by atoms with Gasteiger partial charge in [0, 0.05) is 53.9 Å². The maximum absolute atomic E-state index is 12.5. The Labute approximate surface area is 312 Å². The summed E-state index contributed by atoms with van der Waals surface area (Å²) in [6.45, 7) is 0. The van der Waals surface area contributed by atoms with Gasteiger partial charge in [0.25, 0.3) is 20.2 Å². The van der Waals surface area contributed by atoms with Crippen LogP contribution in [0, 0.1) is 0 Å². The number of rotatable bonds is 14. The van der Waals surface area contributed by atoms with Gasteiger partial charge in [0.1, 0.15) is 9.79 Å². The molecule has 0 unspecified atom stereocenters. The molecular weight excluding hydrogens is 731 g/mol. The molecule has 54 heavy (non-hydrogen) atoms. The van der Waals surface area contributed by atoms with E-state index in [1.807, 2.05) is 78.9 Å². The highest BCUT2D eigenvalue weighted by atomic mass is 32.2. The minimum Gasteiger partial charge on any atom is -0.388 e. The van der Waals surface area contributed by atoms with Crippen molar-refractivity contribution in [3.63, 3.8) is 0 Å². The molecule has 276 valence electrons. The van der Waals surface area contributed by atoms with Crippen LogP contribution in [0.5, 0.6) is 0 Å². The van der Waals surface area contributed by atoms with Crippen molar-refractivity contribution in [3.8, 4) is 0 Å². The smallest absolute Gasteiger partial charge is 0.295 e. The lowest BCUT2D eigenvalue weighted by Crippen LogP contribution is -2.08. The Morgan fingerprint density at radius 3 is 1.31 bits per heavy atom. The molecule has 15 nitrogen and oxygen atoms in total. The van der Waals surface area contributed by atoms with Crippen LogP contribution in [-0.4, -0.2) is 55.0 Å². The van der Waals surface area contributed by atoms with E-state index in [1.54, 1.807) is 20.2 Å². The van der Waals surface area contributed by atoms with Crippen molar-refractivity contribution in [1.29, 1.82) is 0 Å². The molecule has 0 atom stereocenters. The van der Waals surface area contributed by atoms with Crippen LogP contribution in [0.1, 0.15) is 11.1 Å². The van der Waals surface area contributed by atoms with Crippen molar-refractivity contribution in [1.82, 2.24) is 15.0 Å². The highest BCUT2D eigenvalue weighted by molar-refractivity contribution is 7.86. The molecule has 5 aromatic carbocycles. The van der Waals surface area contributed by atoms with Gasteiger partial charge in [-0.1, -0.05) is 60.7 Å². The number of hydrogen-bond donors (Lipinski definition) is 8. The van der Waals surface area contributed by atoms with Crippen LogP contribution in [0.3, 0.4) is 0 Å². The number of anilines is 10. The first-order chi connectivity index (χ1) is 25.9. The van der Waals surface area contributed by atoms with Crippen LogP contribution < -0.4 is 31.9 Å². The van der Waals surface area contributed by atoms with Gasteiger partial charge in [-0.3, -0.25) is 9.11 Å². The third-order valence-corrected chi connectivity index (χ3v) is 9.56. The number of nitrogens with one attached hydrogen (secondary N) is 6. The fourth-order valence-electron chi connectivity index (χ4n) is 5.28. The molecule has 0 radical (unpaired) electrons. The lowest BCUT2D eigenvalue weighted by molar-refractivity contribution is 0.480. The second-order valence-electron chi connectivity index (χ2n) is 11.6. The van der Waals surface area contributed by atoms with Crippen molar-refractivity contribution >= 4 is 90.0 Å². The molecule has 1 heterocycles. The number of benzene rings is 5. The van der Waals surface area contributed by atoms with Crippen LogP contribution >= 0.6 is 0 Å². The summed E-state index contributed by atoms with van der Waals surface area (Å²) in [5.41, 5.74) is 4.45. The van der Waals surface area contributed by atoms with E-state index in [4.69, 9.17) is 0 Å². The van der Waals surface area contributed by atoms with Crippen molar-refractivity contribution in [2.45, 2.75) is 9.79 Å².